The molecule has 6 nitrogen and oxygen atoms in total. The zero-order valence-electron chi connectivity index (χ0n) is 18.2. The topological polar surface area (TPSA) is 71.0 Å². The van der Waals surface area contributed by atoms with E-state index >= 15 is 0 Å². The maximum Gasteiger partial charge on any atom is 0.288 e. The smallest absolute Gasteiger partial charge is 0.288 e. The van der Waals surface area contributed by atoms with Crippen molar-refractivity contribution in [3.8, 4) is 0 Å². The predicted molar refractivity (Wildman–Crippen MR) is 136 cm³/mol. The van der Waals surface area contributed by atoms with Crippen LogP contribution in [0.4, 0.5) is 5.69 Å². The summed E-state index contributed by atoms with van der Waals surface area (Å²) in [7, 11) is -1.35. The molecule has 3 aromatic carbocycles. The molecule has 0 bridgehead atoms. The fraction of sp³-hybridized carbons (Fsp3) is 0.208. The Hall–Kier alpha value is -2.74. The van der Waals surface area contributed by atoms with Gasteiger partial charge in [0.25, 0.3) is 6.02 Å². The molecule has 174 valence electrons. The van der Waals surface area contributed by atoms with E-state index in [-0.39, 0.29) is 18.4 Å². The lowest BCUT2D eigenvalue weighted by Crippen LogP contribution is -2.27. The molecule has 1 heterocycles. The standard InChI is InChI=1S/C24H24ClN3O3S.ClH/c1-28-15-19-5-3-4-6-22(19)23(18-9-11-20(25)12-10-18)26-24(28)31-16-17-7-13-21(14-8-17)27-32(2,29)30;/h3-14,23,27H,15-16H2,1-2H3;1H/t23-;/m0./s1. The monoisotopic (exact) mass is 505 g/mol. The molecule has 0 unspecified atom stereocenters. The summed E-state index contributed by atoms with van der Waals surface area (Å²) in [5.41, 5.74) is 4.78. The highest BCUT2D eigenvalue weighted by atomic mass is 35.5. The van der Waals surface area contributed by atoms with Gasteiger partial charge in [0.1, 0.15) is 12.6 Å². The third kappa shape index (κ3) is 6.41. The summed E-state index contributed by atoms with van der Waals surface area (Å²) in [5.74, 6) is 0. The summed E-state index contributed by atoms with van der Waals surface area (Å²) in [6.45, 7) is 0.988. The van der Waals surface area contributed by atoms with E-state index in [1.807, 2.05) is 60.5 Å². The number of benzene rings is 3. The Bertz CT molecular complexity index is 1230. The quantitative estimate of drug-likeness (QED) is 0.514. The highest BCUT2D eigenvalue weighted by Crippen LogP contribution is 2.33. The number of nitrogens with one attached hydrogen (secondary N) is 1. The van der Waals surface area contributed by atoms with Gasteiger partial charge in [-0.15, -0.1) is 12.4 Å². The highest BCUT2D eigenvalue weighted by Gasteiger charge is 2.24. The van der Waals surface area contributed by atoms with Gasteiger partial charge >= 0.3 is 0 Å². The summed E-state index contributed by atoms with van der Waals surface area (Å²) in [6.07, 6.45) is 1.12. The van der Waals surface area contributed by atoms with Crippen molar-refractivity contribution >= 4 is 45.7 Å². The van der Waals surface area contributed by atoms with Crippen LogP contribution in [-0.2, 0) is 27.9 Å². The Balaban J connectivity index is 0.00000306. The number of hydrogen-bond donors (Lipinski definition) is 1. The summed E-state index contributed by atoms with van der Waals surface area (Å²) in [4.78, 5) is 6.96. The first-order valence-electron chi connectivity index (χ1n) is 10.1. The van der Waals surface area contributed by atoms with E-state index in [1.165, 1.54) is 5.56 Å². The maximum absolute atomic E-state index is 11.4. The lowest BCUT2D eigenvalue weighted by atomic mass is 9.95. The number of hydrogen-bond acceptors (Lipinski definition) is 5. The highest BCUT2D eigenvalue weighted by molar-refractivity contribution is 7.92. The minimum atomic E-state index is -3.31. The SMILES string of the molecule is CN1Cc2ccccc2[C@H](c2ccc(Cl)cc2)N=C1OCc1ccc(NS(C)(=O)=O)cc1.Cl. The van der Waals surface area contributed by atoms with E-state index in [0.717, 1.165) is 22.9 Å². The van der Waals surface area contributed by atoms with Crippen LogP contribution >= 0.6 is 24.0 Å². The first-order chi connectivity index (χ1) is 15.3. The molecule has 1 atom stereocenters. The number of rotatable bonds is 5. The number of aliphatic imine (C=N–C) groups is 1. The van der Waals surface area contributed by atoms with Crippen LogP contribution in [0, 0.1) is 0 Å². The van der Waals surface area contributed by atoms with Crippen molar-refractivity contribution < 1.29 is 13.2 Å². The molecule has 0 aromatic heterocycles. The van der Waals surface area contributed by atoms with Crippen LogP contribution in [0.3, 0.4) is 0 Å². The molecule has 0 fully saturated rings. The first-order valence-corrected chi connectivity index (χ1v) is 12.4. The van der Waals surface area contributed by atoms with Crippen molar-refractivity contribution in [2.45, 2.75) is 19.2 Å². The molecule has 1 aliphatic rings. The van der Waals surface area contributed by atoms with Gasteiger partial charge in [0.15, 0.2) is 0 Å². The molecular weight excluding hydrogens is 481 g/mol. The molecule has 1 aliphatic heterocycles. The maximum atomic E-state index is 11.4. The second-order valence-electron chi connectivity index (χ2n) is 7.78. The van der Waals surface area contributed by atoms with Gasteiger partial charge in [0.2, 0.25) is 10.0 Å². The Morgan fingerprint density at radius 3 is 2.39 bits per heavy atom. The number of ether oxygens (including phenoxy) is 1. The van der Waals surface area contributed by atoms with Crippen molar-refractivity contribution in [1.29, 1.82) is 0 Å². The summed E-state index contributed by atoms with van der Waals surface area (Å²) in [6, 6.07) is 23.4. The molecule has 1 N–H and O–H groups in total. The van der Waals surface area contributed by atoms with Crippen molar-refractivity contribution in [3.63, 3.8) is 0 Å². The molecule has 0 spiro atoms. The number of fused-ring (bicyclic) bond motifs is 1. The third-order valence-corrected chi connectivity index (χ3v) is 5.99. The number of anilines is 1. The number of amidine groups is 1. The van der Waals surface area contributed by atoms with Crippen LogP contribution in [0.1, 0.15) is 28.3 Å². The molecule has 4 rings (SSSR count). The van der Waals surface area contributed by atoms with Crippen molar-refractivity contribution in [3.05, 3.63) is 100 Å². The molecule has 0 radical (unpaired) electrons. The second-order valence-corrected chi connectivity index (χ2v) is 9.97. The lowest BCUT2D eigenvalue weighted by Gasteiger charge is -2.20. The van der Waals surface area contributed by atoms with Crippen LogP contribution in [0.5, 0.6) is 0 Å². The Morgan fingerprint density at radius 1 is 1.06 bits per heavy atom. The Kier molecular flexibility index (Phi) is 7.89. The van der Waals surface area contributed by atoms with Gasteiger partial charge in [0.05, 0.1) is 6.26 Å². The van der Waals surface area contributed by atoms with E-state index in [2.05, 4.69) is 16.9 Å². The van der Waals surface area contributed by atoms with Gasteiger partial charge in [-0.3, -0.25) is 4.72 Å². The molecular formula is C24H25Cl2N3O3S. The molecule has 33 heavy (non-hydrogen) atoms. The first kappa shape index (κ1) is 24.9. The van der Waals surface area contributed by atoms with Crippen LogP contribution in [-0.4, -0.2) is 32.6 Å². The van der Waals surface area contributed by atoms with Crippen LogP contribution in [0.25, 0.3) is 0 Å². The average molecular weight is 506 g/mol. The number of nitrogens with zero attached hydrogens (tertiary/aromatic N) is 2. The van der Waals surface area contributed by atoms with Crippen LogP contribution in [0.2, 0.25) is 5.02 Å². The van der Waals surface area contributed by atoms with Crippen LogP contribution < -0.4 is 4.72 Å². The van der Waals surface area contributed by atoms with Gasteiger partial charge in [-0.2, -0.15) is 0 Å². The Morgan fingerprint density at radius 2 is 1.73 bits per heavy atom. The summed E-state index contributed by atoms with van der Waals surface area (Å²) in [5, 5.41) is 0.682. The fourth-order valence-electron chi connectivity index (χ4n) is 3.62. The van der Waals surface area contributed by atoms with Gasteiger partial charge in [-0.05, 0) is 46.5 Å². The summed E-state index contributed by atoms with van der Waals surface area (Å²) < 4.78 is 31.3. The Labute approximate surface area is 205 Å². The number of halogens is 2. The van der Waals surface area contributed by atoms with Crippen molar-refractivity contribution in [2.24, 2.45) is 4.99 Å². The largest absolute Gasteiger partial charge is 0.460 e. The zero-order valence-corrected chi connectivity index (χ0v) is 20.6. The van der Waals surface area contributed by atoms with Gasteiger partial charge in [-0.25, -0.2) is 13.4 Å². The van der Waals surface area contributed by atoms with Crippen molar-refractivity contribution in [1.82, 2.24) is 4.90 Å². The molecule has 0 aliphatic carbocycles. The lowest BCUT2D eigenvalue weighted by molar-refractivity contribution is 0.231. The fourth-order valence-corrected chi connectivity index (χ4v) is 4.31. The van der Waals surface area contributed by atoms with E-state index in [9.17, 15) is 8.42 Å². The van der Waals surface area contributed by atoms with Crippen LogP contribution in [0.15, 0.2) is 77.8 Å². The minimum Gasteiger partial charge on any atom is -0.460 e. The van der Waals surface area contributed by atoms with Crippen molar-refractivity contribution in [2.75, 3.05) is 18.0 Å². The second kappa shape index (κ2) is 10.5. The molecule has 0 amide bonds. The number of sulfonamides is 1. The summed E-state index contributed by atoms with van der Waals surface area (Å²) >= 11 is 6.09. The molecule has 3 aromatic rings. The van der Waals surface area contributed by atoms with E-state index in [1.54, 1.807) is 12.1 Å². The minimum absolute atomic E-state index is 0. The van der Waals surface area contributed by atoms with Gasteiger partial charge in [0, 0.05) is 24.3 Å². The average Bonchev–Trinajstić information content (AvgIpc) is 2.89. The van der Waals surface area contributed by atoms with E-state index in [0.29, 0.717) is 29.9 Å². The zero-order chi connectivity index (χ0) is 22.7. The molecule has 0 saturated heterocycles. The van der Waals surface area contributed by atoms with Gasteiger partial charge in [-0.1, -0.05) is 60.1 Å². The van der Waals surface area contributed by atoms with E-state index < -0.39 is 10.0 Å². The van der Waals surface area contributed by atoms with Gasteiger partial charge < -0.3 is 9.64 Å². The normalized spacial score (nSPS) is 15.5. The third-order valence-electron chi connectivity index (χ3n) is 5.13. The molecule has 9 heteroatoms. The van der Waals surface area contributed by atoms with E-state index in [4.69, 9.17) is 21.3 Å². The molecule has 0 saturated carbocycles. The predicted octanol–water partition coefficient (Wildman–Crippen LogP) is 5.24.